The van der Waals surface area contributed by atoms with Crippen molar-refractivity contribution in [1.82, 2.24) is 0 Å². The zero-order valence-electron chi connectivity index (χ0n) is 11.1. The number of carbonyl (C=O) groups excluding carboxylic acids is 1. The highest BCUT2D eigenvalue weighted by molar-refractivity contribution is 5.88. The van der Waals surface area contributed by atoms with Crippen LogP contribution in [0.1, 0.15) is 31.4 Å². The van der Waals surface area contributed by atoms with Gasteiger partial charge in [0.05, 0.1) is 5.56 Å². The number of ketones is 1. The summed E-state index contributed by atoms with van der Waals surface area (Å²) in [4.78, 5) is 10.1. The van der Waals surface area contributed by atoms with Crippen LogP contribution >= 0.6 is 0 Å². The Morgan fingerprint density at radius 3 is 1.89 bits per heavy atom. The summed E-state index contributed by atoms with van der Waals surface area (Å²) in [6, 6.07) is 5.23. The van der Waals surface area contributed by atoms with Crippen molar-refractivity contribution in [3.8, 4) is 0 Å². The normalized spacial score (nSPS) is 9.74. The van der Waals surface area contributed by atoms with E-state index in [1.54, 1.807) is 0 Å². The molecule has 19 heavy (non-hydrogen) atoms. The maximum Gasteiger partial charge on any atom is 0.416 e. The number of alkyl halides is 3. The number of aryl methyl sites for hydroxylation is 1. The first kappa shape index (κ1) is 19.8. The number of halogens is 3. The Hall–Kier alpha value is -1.52. The van der Waals surface area contributed by atoms with E-state index in [1.165, 1.54) is 18.2 Å². The van der Waals surface area contributed by atoms with Gasteiger partial charge in [-0.3, -0.25) is 4.79 Å². The molecule has 3 radical (unpaired) electrons. The quantitative estimate of drug-likeness (QED) is 0.597. The van der Waals surface area contributed by atoms with Crippen LogP contribution in [0.2, 0.25) is 0 Å². The second-order valence-corrected chi connectivity index (χ2v) is 3.57. The highest BCUT2D eigenvalue weighted by Crippen LogP contribution is 2.28. The highest BCUT2D eigenvalue weighted by atomic mass is 19.4. The molecule has 0 fully saturated rings. The summed E-state index contributed by atoms with van der Waals surface area (Å²) in [6.45, 7) is 7.00. The zero-order chi connectivity index (χ0) is 14.2. The SMILES string of the molecule is C=CC(=O)CC.CCc1ccc(C(F)(F)F)cc1.[B]. The summed E-state index contributed by atoms with van der Waals surface area (Å²) in [6.07, 6.45) is -1.55. The number of allylic oxidation sites excluding steroid dienone is 1. The predicted octanol–water partition coefficient (Wildman–Crippen LogP) is 4.04. The van der Waals surface area contributed by atoms with Crippen molar-refractivity contribution in [1.29, 1.82) is 0 Å². The van der Waals surface area contributed by atoms with E-state index in [4.69, 9.17) is 0 Å². The fraction of sp³-hybridized carbons (Fsp3) is 0.357. The maximum atomic E-state index is 12.0. The van der Waals surface area contributed by atoms with Gasteiger partial charge in [-0.25, -0.2) is 0 Å². The molecule has 1 nitrogen and oxygen atoms in total. The number of hydrogen-bond acceptors (Lipinski definition) is 1. The summed E-state index contributed by atoms with van der Waals surface area (Å²) in [5, 5.41) is 0. The predicted molar refractivity (Wildman–Crippen MR) is 72.1 cm³/mol. The number of hydrogen-bond donors (Lipinski definition) is 0. The molecule has 0 bridgehead atoms. The van der Waals surface area contributed by atoms with E-state index >= 15 is 0 Å². The van der Waals surface area contributed by atoms with Crippen molar-refractivity contribution in [3.05, 3.63) is 48.0 Å². The Morgan fingerprint density at radius 1 is 1.21 bits per heavy atom. The Morgan fingerprint density at radius 2 is 1.68 bits per heavy atom. The lowest BCUT2D eigenvalue weighted by Crippen LogP contribution is -2.04. The molecule has 0 aliphatic carbocycles. The van der Waals surface area contributed by atoms with Crippen molar-refractivity contribution in [3.63, 3.8) is 0 Å². The van der Waals surface area contributed by atoms with E-state index in [-0.39, 0.29) is 14.2 Å². The third-order valence-corrected chi connectivity index (χ3v) is 2.27. The number of benzene rings is 1. The van der Waals surface area contributed by atoms with Gasteiger partial charge in [-0.2, -0.15) is 13.2 Å². The van der Waals surface area contributed by atoms with Crippen LogP contribution in [0.5, 0.6) is 0 Å². The summed E-state index contributed by atoms with van der Waals surface area (Å²) in [5.74, 6) is 0.106. The van der Waals surface area contributed by atoms with Crippen LogP contribution in [0.15, 0.2) is 36.9 Å². The van der Waals surface area contributed by atoms with Crippen LogP contribution in [0.3, 0.4) is 0 Å². The molecule has 0 atom stereocenters. The summed E-state index contributed by atoms with van der Waals surface area (Å²) >= 11 is 0. The van der Waals surface area contributed by atoms with E-state index in [0.717, 1.165) is 24.1 Å². The first-order valence-electron chi connectivity index (χ1n) is 5.66. The highest BCUT2D eigenvalue weighted by Gasteiger charge is 2.29. The first-order chi connectivity index (χ1) is 8.35. The van der Waals surface area contributed by atoms with Crippen molar-refractivity contribution >= 4 is 14.2 Å². The van der Waals surface area contributed by atoms with Gasteiger partial charge in [-0.1, -0.05) is 32.6 Å². The van der Waals surface area contributed by atoms with Crippen LogP contribution < -0.4 is 0 Å². The van der Waals surface area contributed by atoms with Crippen LogP contribution in [0, 0.1) is 0 Å². The lowest BCUT2D eigenvalue weighted by molar-refractivity contribution is -0.137. The zero-order valence-corrected chi connectivity index (χ0v) is 11.1. The van der Waals surface area contributed by atoms with Crippen molar-refractivity contribution in [2.45, 2.75) is 32.9 Å². The van der Waals surface area contributed by atoms with Gasteiger partial charge in [0.25, 0.3) is 0 Å². The van der Waals surface area contributed by atoms with Gasteiger partial charge in [0.2, 0.25) is 0 Å². The van der Waals surface area contributed by atoms with Gasteiger partial charge in [0.15, 0.2) is 5.78 Å². The average Bonchev–Trinajstić information content (AvgIpc) is 2.37. The fourth-order valence-electron chi connectivity index (χ4n) is 1.07. The molecule has 0 unspecified atom stereocenters. The third-order valence-electron chi connectivity index (χ3n) is 2.27. The molecule has 0 N–H and O–H groups in total. The molecule has 0 aliphatic rings. The van der Waals surface area contributed by atoms with Crippen LogP contribution in [-0.2, 0) is 17.4 Å². The summed E-state index contributed by atoms with van der Waals surface area (Å²) in [7, 11) is 0. The topological polar surface area (TPSA) is 17.1 Å². The molecule has 1 aromatic carbocycles. The second-order valence-electron chi connectivity index (χ2n) is 3.57. The van der Waals surface area contributed by atoms with Gasteiger partial charge in [-0.15, -0.1) is 0 Å². The van der Waals surface area contributed by atoms with E-state index in [1.807, 2.05) is 13.8 Å². The third kappa shape index (κ3) is 8.24. The Kier molecular flexibility index (Phi) is 9.82. The van der Waals surface area contributed by atoms with E-state index in [0.29, 0.717) is 6.42 Å². The maximum absolute atomic E-state index is 12.0. The van der Waals surface area contributed by atoms with Crippen molar-refractivity contribution < 1.29 is 18.0 Å². The molecule has 1 rings (SSSR count). The molecule has 0 aliphatic heterocycles. The molecule has 0 saturated heterocycles. The van der Waals surface area contributed by atoms with Crippen LogP contribution in [0.4, 0.5) is 13.2 Å². The lowest BCUT2D eigenvalue weighted by Gasteiger charge is -2.06. The summed E-state index contributed by atoms with van der Waals surface area (Å²) < 4.78 is 36.1. The van der Waals surface area contributed by atoms with Gasteiger partial charge in [0.1, 0.15) is 0 Å². The number of carbonyl (C=O) groups is 1. The Balaban J connectivity index is 0. The summed E-state index contributed by atoms with van der Waals surface area (Å²) in [5.41, 5.74) is 0.336. The molecule has 0 heterocycles. The average molecular weight is 269 g/mol. The minimum Gasteiger partial charge on any atom is -0.295 e. The second kappa shape index (κ2) is 9.42. The molecule has 0 spiro atoms. The van der Waals surface area contributed by atoms with Gasteiger partial charge in [-0.05, 0) is 30.2 Å². The smallest absolute Gasteiger partial charge is 0.295 e. The number of rotatable bonds is 3. The molecular weight excluding hydrogens is 252 g/mol. The molecule has 5 heteroatoms. The van der Waals surface area contributed by atoms with E-state index in [9.17, 15) is 18.0 Å². The minimum atomic E-state index is -4.22. The van der Waals surface area contributed by atoms with Crippen molar-refractivity contribution in [2.24, 2.45) is 0 Å². The van der Waals surface area contributed by atoms with E-state index in [2.05, 4.69) is 6.58 Å². The first-order valence-corrected chi connectivity index (χ1v) is 5.66. The van der Waals surface area contributed by atoms with Gasteiger partial charge in [0, 0.05) is 14.8 Å². The van der Waals surface area contributed by atoms with Crippen molar-refractivity contribution in [2.75, 3.05) is 0 Å². The monoisotopic (exact) mass is 269 g/mol. The largest absolute Gasteiger partial charge is 0.416 e. The van der Waals surface area contributed by atoms with Crippen LogP contribution in [0.25, 0.3) is 0 Å². The molecular formula is C14H17BF3O. The fourth-order valence-corrected chi connectivity index (χ4v) is 1.07. The lowest BCUT2D eigenvalue weighted by atomic mass is 10.1. The molecule has 1 aromatic rings. The molecule has 103 valence electrons. The van der Waals surface area contributed by atoms with Gasteiger partial charge < -0.3 is 0 Å². The minimum absolute atomic E-state index is 0. The van der Waals surface area contributed by atoms with E-state index < -0.39 is 11.7 Å². The Bertz CT molecular complexity index is 383. The Labute approximate surface area is 114 Å². The standard InChI is InChI=1S/C9H9F3.C5H8O.B/c1-2-7-3-5-8(6-4-7)9(10,11)12;1-3-5(6)4-2;/h3-6H,2H2,1H3;3H,1,4H2,2H3;. The van der Waals surface area contributed by atoms with Gasteiger partial charge >= 0.3 is 6.18 Å². The van der Waals surface area contributed by atoms with Crippen LogP contribution in [-0.4, -0.2) is 14.2 Å². The molecule has 0 saturated carbocycles. The molecule has 0 aromatic heterocycles. The molecule has 0 amide bonds.